The highest BCUT2D eigenvalue weighted by molar-refractivity contribution is 7.80. The molecule has 0 aromatic heterocycles. The normalized spacial score (nSPS) is 11.4. The van der Waals surface area contributed by atoms with Gasteiger partial charge in [0.1, 0.15) is 6.04 Å². The van der Waals surface area contributed by atoms with Crippen LogP contribution < -0.4 is 15.5 Å². The number of unbranched alkanes of at least 4 members (excludes halogenated alkanes) is 3. The lowest BCUT2D eigenvalue weighted by Crippen LogP contribution is -2.37. The van der Waals surface area contributed by atoms with Crippen molar-refractivity contribution in [2.24, 2.45) is 0 Å². The van der Waals surface area contributed by atoms with E-state index in [0.717, 1.165) is 35.3 Å². The van der Waals surface area contributed by atoms with Crippen LogP contribution >= 0.6 is 12.2 Å². The van der Waals surface area contributed by atoms with Crippen molar-refractivity contribution >= 4 is 40.5 Å². The third-order valence-electron chi connectivity index (χ3n) is 7.41. The third-order valence-corrected chi connectivity index (χ3v) is 7.83. The van der Waals surface area contributed by atoms with Crippen molar-refractivity contribution < 1.29 is 14.7 Å². The topological polar surface area (TPSA) is 81.7 Å². The van der Waals surface area contributed by atoms with E-state index in [4.69, 9.17) is 12.2 Å². The summed E-state index contributed by atoms with van der Waals surface area (Å²) in [5, 5.41) is 17.2. The van der Waals surface area contributed by atoms with E-state index in [2.05, 4.69) is 29.7 Å². The Morgan fingerprint density at radius 3 is 2.28 bits per heavy atom. The van der Waals surface area contributed by atoms with Gasteiger partial charge < -0.3 is 20.6 Å². The molecule has 0 fully saturated rings. The molecule has 7 heteroatoms. The number of anilines is 2. The van der Waals surface area contributed by atoms with Gasteiger partial charge in [-0.1, -0.05) is 105 Å². The SMILES string of the molecule is CCCCCCNC(=S)N(C)c1cccc(-c2ccc(C[C@H](Nc3ccccc3C(=O)c3ccccc3)C(=O)O)cc2)c1. The van der Waals surface area contributed by atoms with Crippen LogP contribution in [0.4, 0.5) is 11.4 Å². The Bertz CT molecular complexity index is 1520. The number of nitrogens with one attached hydrogen (secondary N) is 2. The van der Waals surface area contributed by atoms with Gasteiger partial charge >= 0.3 is 5.97 Å². The van der Waals surface area contributed by atoms with Gasteiger partial charge in [-0.25, -0.2) is 4.79 Å². The van der Waals surface area contributed by atoms with Crippen LogP contribution in [-0.2, 0) is 11.2 Å². The maximum absolute atomic E-state index is 13.1. The highest BCUT2D eigenvalue weighted by atomic mass is 32.1. The molecule has 0 spiro atoms. The molecule has 43 heavy (non-hydrogen) atoms. The number of carbonyl (C=O) groups excluding carboxylic acids is 1. The number of thiocarbonyl (C=S) groups is 1. The average Bonchev–Trinajstić information content (AvgIpc) is 3.04. The molecule has 0 unspecified atom stereocenters. The molecule has 4 aromatic carbocycles. The smallest absolute Gasteiger partial charge is 0.326 e. The van der Waals surface area contributed by atoms with Crippen molar-refractivity contribution in [1.29, 1.82) is 0 Å². The molecule has 4 rings (SSSR count). The van der Waals surface area contributed by atoms with Gasteiger partial charge in [-0.15, -0.1) is 0 Å². The van der Waals surface area contributed by atoms with Gasteiger partial charge in [0.25, 0.3) is 0 Å². The molecule has 0 saturated carbocycles. The van der Waals surface area contributed by atoms with Crippen molar-refractivity contribution in [1.82, 2.24) is 5.32 Å². The van der Waals surface area contributed by atoms with Crippen LogP contribution in [0.2, 0.25) is 0 Å². The molecule has 4 aromatic rings. The number of carboxylic acids is 1. The zero-order chi connectivity index (χ0) is 30.6. The fourth-order valence-electron chi connectivity index (χ4n) is 4.89. The summed E-state index contributed by atoms with van der Waals surface area (Å²) in [6, 6.07) is 31.2. The molecule has 0 aliphatic rings. The first kappa shape index (κ1) is 31.4. The molecular weight excluding hydrogens is 554 g/mol. The first-order chi connectivity index (χ1) is 20.9. The molecule has 0 heterocycles. The Kier molecular flexibility index (Phi) is 11.5. The maximum atomic E-state index is 13.1. The predicted octanol–water partition coefficient (Wildman–Crippen LogP) is 7.58. The minimum absolute atomic E-state index is 0.159. The largest absolute Gasteiger partial charge is 0.480 e. The Hall–Kier alpha value is -4.49. The van der Waals surface area contributed by atoms with E-state index in [1.807, 2.05) is 66.5 Å². The number of nitrogens with zero attached hydrogens (tertiary/aromatic N) is 1. The summed E-state index contributed by atoms with van der Waals surface area (Å²) in [6.07, 6.45) is 5.00. The summed E-state index contributed by atoms with van der Waals surface area (Å²) < 4.78 is 0. The number of rotatable bonds is 14. The van der Waals surface area contributed by atoms with E-state index in [1.54, 1.807) is 36.4 Å². The molecular formula is C36H39N3O3S. The number of hydrogen-bond acceptors (Lipinski definition) is 4. The zero-order valence-electron chi connectivity index (χ0n) is 24.8. The second-order valence-electron chi connectivity index (χ2n) is 10.6. The molecule has 6 nitrogen and oxygen atoms in total. The number of ketones is 1. The van der Waals surface area contributed by atoms with Gasteiger partial charge in [0.2, 0.25) is 0 Å². The molecule has 0 bridgehead atoms. The van der Waals surface area contributed by atoms with Crippen LogP contribution in [0.1, 0.15) is 54.1 Å². The van der Waals surface area contributed by atoms with Gasteiger partial charge in [0.15, 0.2) is 10.9 Å². The number of aliphatic carboxylic acids is 1. The maximum Gasteiger partial charge on any atom is 0.326 e. The molecule has 0 aliphatic carbocycles. The lowest BCUT2D eigenvalue weighted by molar-refractivity contribution is -0.137. The second-order valence-corrected chi connectivity index (χ2v) is 11.0. The van der Waals surface area contributed by atoms with Crippen LogP contribution in [0, 0.1) is 0 Å². The number of para-hydroxylation sites is 1. The van der Waals surface area contributed by atoms with Crippen LogP contribution in [0.15, 0.2) is 103 Å². The summed E-state index contributed by atoms with van der Waals surface area (Å²) in [5.41, 5.74) is 5.42. The van der Waals surface area contributed by atoms with E-state index < -0.39 is 12.0 Å². The quantitative estimate of drug-likeness (QED) is 0.0790. The lowest BCUT2D eigenvalue weighted by Gasteiger charge is -2.22. The van der Waals surface area contributed by atoms with Crippen molar-refractivity contribution in [3.8, 4) is 11.1 Å². The third kappa shape index (κ3) is 8.75. The van der Waals surface area contributed by atoms with Gasteiger partial charge in [0, 0.05) is 42.5 Å². The van der Waals surface area contributed by atoms with Gasteiger partial charge in [-0.05, 0) is 59.6 Å². The summed E-state index contributed by atoms with van der Waals surface area (Å²) in [6.45, 7) is 3.07. The fourth-order valence-corrected chi connectivity index (χ4v) is 5.09. The Morgan fingerprint density at radius 1 is 0.837 bits per heavy atom. The Morgan fingerprint density at radius 2 is 1.56 bits per heavy atom. The minimum atomic E-state index is -0.989. The lowest BCUT2D eigenvalue weighted by atomic mass is 9.98. The van der Waals surface area contributed by atoms with Gasteiger partial charge in [-0.3, -0.25) is 4.79 Å². The van der Waals surface area contributed by atoms with Crippen LogP contribution in [0.3, 0.4) is 0 Å². The predicted molar refractivity (Wildman–Crippen MR) is 180 cm³/mol. The molecule has 0 aliphatic heterocycles. The molecule has 222 valence electrons. The Labute approximate surface area is 259 Å². The monoisotopic (exact) mass is 593 g/mol. The van der Waals surface area contributed by atoms with Gasteiger partial charge in [0.05, 0.1) is 0 Å². The molecule has 0 radical (unpaired) electrons. The summed E-state index contributed by atoms with van der Waals surface area (Å²) in [5.74, 6) is -1.15. The van der Waals surface area contributed by atoms with Crippen LogP contribution in [-0.4, -0.2) is 41.6 Å². The molecule has 1 atom stereocenters. The zero-order valence-corrected chi connectivity index (χ0v) is 25.6. The number of carbonyl (C=O) groups is 2. The van der Waals surface area contributed by atoms with E-state index in [-0.39, 0.29) is 12.2 Å². The molecule has 3 N–H and O–H groups in total. The minimum Gasteiger partial charge on any atom is -0.480 e. The van der Waals surface area contributed by atoms with Gasteiger partial charge in [-0.2, -0.15) is 0 Å². The molecule has 0 amide bonds. The number of hydrogen-bond donors (Lipinski definition) is 3. The number of benzene rings is 4. The van der Waals surface area contributed by atoms with Crippen molar-refractivity contribution in [3.63, 3.8) is 0 Å². The van der Waals surface area contributed by atoms with Crippen molar-refractivity contribution in [2.75, 3.05) is 23.8 Å². The second kappa shape index (κ2) is 15.7. The van der Waals surface area contributed by atoms with Crippen LogP contribution in [0.25, 0.3) is 11.1 Å². The van der Waals surface area contributed by atoms with Crippen molar-refractivity contribution in [3.05, 3.63) is 120 Å². The first-order valence-electron chi connectivity index (χ1n) is 14.8. The fraction of sp³-hybridized carbons (Fsp3) is 0.250. The van der Waals surface area contributed by atoms with E-state index in [1.165, 1.54) is 19.3 Å². The first-order valence-corrected chi connectivity index (χ1v) is 15.2. The van der Waals surface area contributed by atoms with Crippen LogP contribution in [0.5, 0.6) is 0 Å². The number of carboxylic acid groups (broad SMARTS) is 1. The standard InChI is InChI=1S/C36H39N3O3S/c1-3-4-5-11-23-37-36(43)39(2)30-16-12-15-29(25-30)27-21-19-26(20-22-27)24-33(35(41)42)38-32-18-10-9-17-31(32)34(40)28-13-7-6-8-14-28/h6-10,12-22,25,33,38H,3-5,11,23-24H2,1-2H3,(H,37,43)(H,41,42)/t33-/m0/s1. The van der Waals surface area contributed by atoms with Crippen molar-refractivity contribution in [2.45, 2.75) is 45.1 Å². The highest BCUT2D eigenvalue weighted by Gasteiger charge is 2.21. The Balaban J connectivity index is 1.43. The average molecular weight is 594 g/mol. The van der Waals surface area contributed by atoms with E-state index in [0.29, 0.717) is 21.9 Å². The summed E-state index contributed by atoms with van der Waals surface area (Å²) in [7, 11) is 1.97. The summed E-state index contributed by atoms with van der Waals surface area (Å²) >= 11 is 5.61. The summed E-state index contributed by atoms with van der Waals surface area (Å²) in [4.78, 5) is 27.4. The van der Waals surface area contributed by atoms with E-state index >= 15 is 0 Å². The molecule has 0 saturated heterocycles. The van der Waals surface area contributed by atoms with E-state index in [9.17, 15) is 14.7 Å². The highest BCUT2D eigenvalue weighted by Crippen LogP contribution is 2.26.